The summed E-state index contributed by atoms with van der Waals surface area (Å²) in [5, 5.41) is 0. The second kappa shape index (κ2) is 4.45. The van der Waals surface area contributed by atoms with Crippen LogP contribution in [0.25, 0.3) is 0 Å². The highest BCUT2D eigenvalue weighted by atomic mass is 16.5. The van der Waals surface area contributed by atoms with Crippen LogP contribution in [0.15, 0.2) is 34.9 Å². The normalized spacial score (nSPS) is 10.3. The molecule has 88 valence electrons. The van der Waals surface area contributed by atoms with Crippen molar-refractivity contribution in [3.05, 3.63) is 53.0 Å². The van der Waals surface area contributed by atoms with Gasteiger partial charge in [0.15, 0.2) is 5.78 Å². The molecule has 17 heavy (non-hydrogen) atoms. The van der Waals surface area contributed by atoms with E-state index in [1.165, 1.54) is 6.26 Å². The van der Waals surface area contributed by atoms with Crippen molar-refractivity contribution in [2.24, 2.45) is 0 Å². The zero-order valence-electron chi connectivity index (χ0n) is 10.1. The monoisotopic (exact) mass is 230 g/mol. The lowest BCUT2D eigenvalue weighted by molar-refractivity contribution is 0.103. The summed E-state index contributed by atoms with van der Waals surface area (Å²) >= 11 is 0. The summed E-state index contributed by atoms with van der Waals surface area (Å²) in [5.74, 6) is 1.38. The fraction of sp³-hybridized carbons (Fsp3) is 0.214. The Morgan fingerprint density at radius 1 is 1.18 bits per heavy atom. The van der Waals surface area contributed by atoms with Gasteiger partial charge in [-0.1, -0.05) is 0 Å². The van der Waals surface area contributed by atoms with E-state index in [1.807, 2.05) is 13.0 Å². The van der Waals surface area contributed by atoms with Crippen LogP contribution in [0.2, 0.25) is 0 Å². The van der Waals surface area contributed by atoms with Crippen LogP contribution in [0.5, 0.6) is 5.75 Å². The topological polar surface area (TPSA) is 39.4 Å². The number of rotatable bonds is 3. The third-order valence-corrected chi connectivity index (χ3v) is 2.78. The molecule has 0 N–H and O–H groups in total. The van der Waals surface area contributed by atoms with Crippen LogP contribution in [0, 0.1) is 13.8 Å². The first kappa shape index (κ1) is 11.5. The number of ketones is 1. The Morgan fingerprint density at radius 2 is 1.94 bits per heavy atom. The maximum Gasteiger partial charge on any atom is 0.196 e. The van der Waals surface area contributed by atoms with Crippen molar-refractivity contribution in [3.8, 4) is 5.75 Å². The minimum atomic E-state index is -0.0172. The van der Waals surface area contributed by atoms with Gasteiger partial charge in [-0.3, -0.25) is 4.79 Å². The Bertz CT molecular complexity index is 552. The largest absolute Gasteiger partial charge is 0.497 e. The molecule has 1 aromatic heterocycles. The molecule has 0 amide bonds. The average molecular weight is 230 g/mol. The molecule has 0 saturated heterocycles. The van der Waals surface area contributed by atoms with E-state index >= 15 is 0 Å². The highest BCUT2D eigenvalue weighted by molar-refractivity contribution is 6.10. The summed E-state index contributed by atoms with van der Waals surface area (Å²) < 4.78 is 10.3. The van der Waals surface area contributed by atoms with E-state index in [4.69, 9.17) is 9.15 Å². The first-order valence-corrected chi connectivity index (χ1v) is 5.37. The number of ether oxygens (including phenoxy) is 1. The van der Waals surface area contributed by atoms with Crippen molar-refractivity contribution in [2.45, 2.75) is 13.8 Å². The van der Waals surface area contributed by atoms with E-state index in [0.29, 0.717) is 16.9 Å². The highest BCUT2D eigenvalue weighted by Gasteiger charge is 2.16. The fourth-order valence-corrected chi connectivity index (χ4v) is 1.78. The Hall–Kier alpha value is -2.03. The van der Waals surface area contributed by atoms with Gasteiger partial charge in [-0.25, -0.2) is 0 Å². The van der Waals surface area contributed by atoms with Crippen molar-refractivity contribution < 1.29 is 13.9 Å². The molecule has 0 unspecified atom stereocenters. The molecule has 0 atom stereocenters. The predicted octanol–water partition coefficient (Wildman–Crippen LogP) is 3.14. The quantitative estimate of drug-likeness (QED) is 0.760. The lowest BCUT2D eigenvalue weighted by Gasteiger charge is -2.06. The Morgan fingerprint density at radius 3 is 2.47 bits per heavy atom. The van der Waals surface area contributed by atoms with Crippen LogP contribution in [0.1, 0.15) is 27.2 Å². The van der Waals surface area contributed by atoms with Gasteiger partial charge in [0.2, 0.25) is 0 Å². The van der Waals surface area contributed by atoms with Gasteiger partial charge in [0.25, 0.3) is 0 Å². The molecular weight excluding hydrogens is 216 g/mol. The second-order valence-corrected chi connectivity index (χ2v) is 3.90. The third kappa shape index (κ3) is 2.09. The zero-order valence-corrected chi connectivity index (χ0v) is 10.1. The standard InChI is InChI=1S/C14H14O3/c1-9-8-11(16-3)4-5-12(9)14(15)13-6-7-17-10(13)2/h4-8H,1-3H3. The summed E-state index contributed by atoms with van der Waals surface area (Å²) in [5.41, 5.74) is 2.18. The van der Waals surface area contributed by atoms with E-state index in [2.05, 4.69) is 0 Å². The van der Waals surface area contributed by atoms with Crippen LogP contribution < -0.4 is 4.74 Å². The molecule has 0 aliphatic rings. The number of carbonyl (C=O) groups is 1. The van der Waals surface area contributed by atoms with Gasteiger partial charge in [0.05, 0.1) is 18.9 Å². The van der Waals surface area contributed by atoms with Crippen LogP contribution >= 0.6 is 0 Å². The van der Waals surface area contributed by atoms with Crippen LogP contribution in [0.4, 0.5) is 0 Å². The van der Waals surface area contributed by atoms with Crippen molar-refractivity contribution in [3.63, 3.8) is 0 Å². The Labute approximate surface area is 100 Å². The first-order chi connectivity index (χ1) is 8.13. The maximum atomic E-state index is 12.2. The zero-order chi connectivity index (χ0) is 12.4. The summed E-state index contributed by atoms with van der Waals surface area (Å²) in [6.07, 6.45) is 1.53. The number of carbonyl (C=O) groups excluding carboxylic acids is 1. The molecule has 3 nitrogen and oxygen atoms in total. The first-order valence-electron chi connectivity index (χ1n) is 5.37. The summed E-state index contributed by atoms with van der Waals surface area (Å²) in [6, 6.07) is 7.11. The number of furan rings is 1. The molecule has 0 aliphatic carbocycles. The molecule has 1 heterocycles. The smallest absolute Gasteiger partial charge is 0.196 e. The average Bonchev–Trinajstić information content (AvgIpc) is 2.74. The molecule has 0 spiro atoms. The summed E-state index contributed by atoms with van der Waals surface area (Å²) in [6.45, 7) is 3.68. The summed E-state index contributed by atoms with van der Waals surface area (Å²) in [7, 11) is 1.61. The van der Waals surface area contributed by atoms with E-state index in [1.54, 1.807) is 32.2 Å². The third-order valence-electron chi connectivity index (χ3n) is 2.78. The van der Waals surface area contributed by atoms with Crippen molar-refractivity contribution in [1.29, 1.82) is 0 Å². The van der Waals surface area contributed by atoms with Crippen LogP contribution in [-0.4, -0.2) is 12.9 Å². The number of hydrogen-bond acceptors (Lipinski definition) is 3. The lowest BCUT2D eigenvalue weighted by atomic mass is 9.99. The molecule has 0 radical (unpaired) electrons. The van der Waals surface area contributed by atoms with Gasteiger partial charge in [0, 0.05) is 5.56 Å². The van der Waals surface area contributed by atoms with Gasteiger partial charge < -0.3 is 9.15 Å². The minimum absolute atomic E-state index is 0.0172. The molecule has 0 bridgehead atoms. The maximum absolute atomic E-state index is 12.2. The molecule has 0 saturated carbocycles. The Balaban J connectivity index is 2.41. The van der Waals surface area contributed by atoms with Gasteiger partial charge in [-0.05, 0) is 43.7 Å². The van der Waals surface area contributed by atoms with Crippen molar-refractivity contribution in [1.82, 2.24) is 0 Å². The Kier molecular flexibility index (Phi) is 3.00. The van der Waals surface area contributed by atoms with Gasteiger partial charge in [-0.2, -0.15) is 0 Å². The predicted molar refractivity (Wildman–Crippen MR) is 64.6 cm³/mol. The molecule has 1 aromatic carbocycles. The SMILES string of the molecule is COc1ccc(C(=O)c2ccoc2C)c(C)c1. The van der Waals surface area contributed by atoms with Crippen molar-refractivity contribution in [2.75, 3.05) is 7.11 Å². The van der Waals surface area contributed by atoms with Gasteiger partial charge in [-0.15, -0.1) is 0 Å². The lowest BCUT2D eigenvalue weighted by Crippen LogP contribution is -2.04. The van der Waals surface area contributed by atoms with Crippen LogP contribution in [0.3, 0.4) is 0 Å². The van der Waals surface area contributed by atoms with Crippen molar-refractivity contribution >= 4 is 5.78 Å². The molecule has 3 heteroatoms. The van der Waals surface area contributed by atoms with Gasteiger partial charge >= 0.3 is 0 Å². The van der Waals surface area contributed by atoms with Gasteiger partial charge in [0.1, 0.15) is 11.5 Å². The highest BCUT2D eigenvalue weighted by Crippen LogP contribution is 2.21. The summed E-state index contributed by atoms with van der Waals surface area (Å²) in [4.78, 5) is 12.2. The number of benzene rings is 1. The minimum Gasteiger partial charge on any atom is -0.497 e. The number of methoxy groups -OCH3 is 1. The van der Waals surface area contributed by atoms with E-state index in [0.717, 1.165) is 11.3 Å². The molecule has 2 rings (SSSR count). The molecule has 0 fully saturated rings. The molecule has 0 aliphatic heterocycles. The van der Waals surface area contributed by atoms with E-state index in [-0.39, 0.29) is 5.78 Å². The molecular formula is C14H14O3. The van der Waals surface area contributed by atoms with E-state index in [9.17, 15) is 4.79 Å². The number of hydrogen-bond donors (Lipinski definition) is 0. The van der Waals surface area contributed by atoms with Crippen LogP contribution in [-0.2, 0) is 0 Å². The number of aryl methyl sites for hydroxylation is 2. The second-order valence-electron chi connectivity index (χ2n) is 3.90. The molecule has 2 aromatic rings. The fourth-order valence-electron chi connectivity index (χ4n) is 1.78. The van der Waals surface area contributed by atoms with E-state index < -0.39 is 0 Å².